The molecule has 44 heavy (non-hydrogen) atoms. The van der Waals surface area contributed by atoms with Gasteiger partial charge in [-0.2, -0.15) is 0 Å². The molecule has 0 radical (unpaired) electrons. The Morgan fingerprint density at radius 2 is 1.89 bits per heavy atom. The topological polar surface area (TPSA) is 158 Å². The van der Waals surface area contributed by atoms with E-state index in [9.17, 15) is 24.6 Å². The number of aliphatic hydroxyl groups excluding tert-OH is 1. The van der Waals surface area contributed by atoms with E-state index in [-0.39, 0.29) is 48.4 Å². The Kier molecular flexibility index (Phi) is 9.54. The number of likely N-dealkylation sites (tertiary alicyclic amines) is 2. The second-order valence-electron chi connectivity index (χ2n) is 11.8. The van der Waals surface area contributed by atoms with Crippen molar-refractivity contribution in [3.05, 3.63) is 52.9 Å². The highest BCUT2D eigenvalue weighted by atomic mass is 32.1. The summed E-state index contributed by atoms with van der Waals surface area (Å²) in [5.41, 5.74) is 4.75. The Morgan fingerprint density at radius 1 is 1.14 bits per heavy atom. The predicted molar refractivity (Wildman–Crippen MR) is 162 cm³/mol. The van der Waals surface area contributed by atoms with Crippen molar-refractivity contribution in [3.8, 4) is 16.3 Å². The van der Waals surface area contributed by atoms with Gasteiger partial charge in [-0.15, -0.1) is 11.3 Å². The van der Waals surface area contributed by atoms with Crippen molar-refractivity contribution in [2.45, 2.75) is 83.7 Å². The third kappa shape index (κ3) is 6.73. The van der Waals surface area contributed by atoms with E-state index in [1.807, 2.05) is 57.5 Å². The number of nitrogens with one attached hydrogen (secondary N) is 1. The first-order valence-corrected chi connectivity index (χ1v) is 15.8. The summed E-state index contributed by atoms with van der Waals surface area (Å²) in [6.07, 6.45) is -0.374. The highest BCUT2D eigenvalue weighted by Gasteiger charge is 2.43. The molecule has 236 valence electrons. The van der Waals surface area contributed by atoms with Crippen molar-refractivity contribution in [3.63, 3.8) is 0 Å². The molecule has 3 amide bonds. The van der Waals surface area contributed by atoms with Crippen LogP contribution in [0.15, 0.2) is 40.4 Å². The van der Waals surface area contributed by atoms with Gasteiger partial charge in [0.2, 0.25) is 11.8 Å². The van der Waals surface area contributed by atoms with E-state index in [0.717, 1.165) is 34.5 Å². The van der Waals surface area contributed by atoms with Gasteiger partial charge in [-0.25, -0.2) is 9.78 Å². The van der Waals surface area contributed by atoms with Gasteiger partial charge in [-0.1, -0.05) is 38.1 Å². The summed E-state index contributed by atoms with van der Waals surface area (Å²) in [5, 5.41) is 27.0. The van der Waals surface area contributed by atoms with Crippen LogP contribution < -0.4 is 10.1 Å². The molecule has 12 nitrogen and oxygen atoms in total. The lowest BCUT2D eigenvalue weighted by Gasteiger charge is -2.32. The van der Waals surface area contributed by atoms with E-state index < -0.39 is 30.4 Å². The van der Waals surface area contributed by atoms with Crippen molar-refractivity contribution in [2.75, 3.05) is 13.1 Å². The van der Waals surface area contributed by atoms with Gasteiger partial charge in [-0.05, 0) is 48.9 Å². The molecule has 5 rings (SSSR count). The molecule has 3 aromatic rings. The number of aryl methyl sites for hydroxylation is 1. The maximum atomic E-state index is 13.9. The normalized spacial score (nSPS) is 21.7. The van der Waals surface area contributed by atoms with Crippen LogP contribution in [0.4, 0.5) is 4.79 Å². The van der Waals surface area contributed by atoms with Crippen LogP contribution in [-0.2, 0) is 9.59 Å². The molecule has 2 aliphatic rings. The molecule has 0 bridgehead atoms. The largest absolute Gasteiger partial charge is 0.465 e. The summed E-state index contributed by atoms with van der Waals surface area (Å²) in [4.78, 5) is 47.1. The minimum absolute atomic E-state index is 0.0184. The van der Waals surface area contributed by atoms with Crippen LogP contribution in [0.2, 0.25) is 0 Å². The molecular weight excluding hydrogens is 586 g/mol. The molecule has 2 unspecified atom stereocenters. The Balaban J connectivity index is 1.27. The van der Waals surface area contributed by atoms with Gasteiger partial charge in [0.25, 0.3) is 5.88 Å². The van der Waals surface area contributed by atoms with Crippen molar-refractivity contribution in [1.29, 1.82) is 0 Å². The summed E-state index contributed by atoms with van der Waals surface area (Å²) < 4.78 is 11.4. The minimum atomic E-state index is -1.07. The fourth-order valence-corrected chi connectivity index (χ4v) is 6.78. The number of thiazole rings is 1. The van der Waals surface area contributed by atoms with Crippen molar-refractivity contribution in [1.82, 2.24) is 25.3 Å². The lowest BCUT2D eigenvalue weighted by atomic mass is 9.91. The van der Waals surface area contributed by atoms with Crippen LogP contribution in [0, 0.1) is 12.8 Å². The second-order valence-corrected chi connectivity index (χ2v) is 12.7. The summed E-state index contributed by atoms with van der Waals surface area (Å²) in [5.74, 6) is -1.38. The zero-order valence-electron chi connectivity index (χ0n) is 25.3. The van der Waals surface area contributed by atoms with E-state index in [4.69, 9.17) is 9.26 Å². The van der Waals surface area contributed by atoms with Crippen LogP contribution in [0.1, 0.15) is 75.4 Å². The third-order valence-electron chi connectivity index (χ3n) is 8.34. The van der Waals surface area contributed by atoms with Crippen molar-refractivity contribution < 1.29 is 33.9 Å². The minimum Gasteiger partial charge on any atom is -0.465 e. The van der Waals surface area contributed by atoms with E-state index in [1.54, 1.807) is 11.3 Å². The Morgan fingerprint density at radius 3 is 2.55 bits per heavy atom. The van der Waals surface area contributed by atoms with Crippen molar-refractivity contribution in [2.24, 2.45) is 5.92 Å². The number of nitrogens with zero attached hydrogens (tertiary/aromatic N) is 4. The summed E-state index contributed by atoms with van der Waals surface area (Å²) >= 11 is 1.58. The lowest BCUT2D eigenvalue weighted by Crippen LogP contribution is -2.48. The zero-order valence-corrected chi connectivity index (χ0v) is 26.1. The Labute approximate surface area is 260 Å². The molecule has 2 fully saturated rings. The van der Waals surface area contributed by atoms with Crippen LogP contribution in [0.25, 0.3) is 10.4 Å². The number of hydrogen-bond donors (Lipinski definition) is 3. The zero-order chi connectivity index (χ0) is 31.5. The first kappa shape index (κ1) is 31.5. The van der Waals surface area contributed by atoms with E-state index >= 15 is 0 Å². The monoisotopic (exact) mass is 625 g/mol. The fourth-order valence-electron chi connectivity index (χ4n) is 5.97. The number of β-amino-alcohol motifs (C(OH)–C–C–N with tert-alkyl or cyclic N) is 1. The average Bonchev–Trinajstić information content (AvgIpc) is 3.73. The Bertz CT molecular complexity index is 1470. The van der Waals surface area contributed by atoms with Gasteiger partial charge in [0, 0.05) is 32.0 Å². The van der Waals surface area contributed by atoms with Gasteiger partial charge in [0.05, 0.1) is 28.2 Å². The van der Waals surface area contributed by atoms with Crippen LogP contribution in [-0.4, -0.2) is 79.5 Å². The number of carboxylic acid groups (broad SMARTS) is 1. The van der Waals surface area contributed by atoms with Crippen LogP contribution >= 0.6 is 11.3 Å². The maximum Gasteiger partial charge on any atom is 0.410 e. The van der Waals surface area contributed by atoms with Crippen LogP contribution in [0.5, 0.6) is 5.88 Å². The third-order valence-corrected chi connectivity index (χ3v) is 9.32. The second kappa shape index (κ2) is 13.3. The SMILES string of the molecule is Cc1ncsc1-c1ccc([C@H](C)NC(=O)[C@@H]2C[C@@H](O)CN2C(=O)C(c2cc(OC3CCCCN3C(=O)O)no2)C(C)C)cc1. The van der Waals surface area contributed by atoms with E-state index in [2.05, 4.69) is 15.5 Å². The van der Waals surface area contributed by atoms with Gasteiger partial charge >= 0.3 is 6.09 Å². The lowest BCUT2D eigenvalue weighted by molar-refractivity contribution is -0.141. The van der Waals surface area contributed by atoms with E-state index in [1.165, 1.54) is 15.9 Å². The van der Waals surface area contributed by atoms with Crippen LogP contribution in [0.3, 0.4) is 0 Å². The first-order valence-electron chi connectivity index (χ1n) is 15.0. The quantitative estimate of drug-likeness (QED) is 0.310. The highest BCUT2D eigenvalue weighted by molar-refractivity contribution is 7.13. The number of ether oxygens (including phenoxy) is 1. The molecule has 0 saturated carbocycles. The maximum absolute atomic E-state index is 13.9. The number of aliphatic hydroxyl groups is 1. The molecule has 1 aromatic carbocycles. The predicted octanol–water partition coefficient (Wildman–Crippen LogP) is 4.55. The molecule has 0 spiro atoms. The molecule has 4 heterocycles. The highest BCUT2D eigenvalue weighted by Crippen LogP contribution is 2.34. The molecule has 3 N–H and O–H groups in total. The summed E-state index contributed by atoms with van der Waals surface area (Å²) in [6, 6.07) is 8.27. The van der Waals surface area contributed by atoms with Gasteiger partial charge < -0.3 is 29.7 Å². The molecule has 5 atom stereocenters. The molecule has 2 saturated heterocycles. The Hall–Kier alpha value is -3.97. The molecule has 13 heteroatoms. The standard InChI is InChI=1S/C31H39N5O7S/c1-17(2)27(24-14-25(34-43-24)42-26-7-5-6-12-35(26)31(40)41)30(39)36-15-22(37)13-23(36)29(38)33-18(3)20-8-10-21(11-9-20)28-19(4)32-16-44-28/h8-11,14,16-18,22-23,26-27,37H,5-7,12-13,15H2,1-4H3,(H,33,38)(H,40,41)/t18-,22+,23-,26?,27?/m0/s1. The number of carbonyl (C=O) groups is 3. The number of benzene rings is 1. The smallest absolute Gasteiger partial charge is 0.410 e. The molecule has 2 aromatic heterocycles. The molecule has 0 aliphatic carbocycles. The van der Waals surface area contributed by atoms with Gasteiger partial charge in [0.15, 0.2) is 12.0 Å². The number of piperidine rings is 1. The number of aromatic nitrogens is 2. The first-order chi connectivity index (χ1) is 21.0. The average molecular weight is 626 g/mol. The number of hydrogen-bond acceptors (Lipinski definition) is 9. The van der Waals surface area contributed by atoms with Crippen molar-refractivity contribution >= 4 is 29.2 Å². The molecular formula is C31H39N5O7S. The van der Waals surface area contributed by atoms with Gasteiger partial charge in [0.1, 0.15) is 12.0 Å². The van der Waals surface area contributed by atoms with E-state index in [0.29, 0.717) is 13.0 Å². The fraction of sp³-hybridized carbons (Fsp3) is 0.516. The van der Waals surface area contributed by atoms with Gasteiger partial charge in [-0.3, -0.25) is 14.5 Å². The number of rotatable bonds is 9. The number of amides is 3. The summed E-state index contributed by atoms with van der Waals surface area (Å²) in [7, 11) is 0. The number of carbonyl (C=O) groups excluding carboxylic acids is 2. The molecule has 2 aliphatic heterocycles. The summed E-state index contributed by atoms with van der Waals surface area (Å²) in [6.45, 7) is 7.96.